The molecule has 0 bridgehead atoms. The number of nitrogens with one attached hydrogen (secondary N) is 2. The molecule has 1 aromatic rings. The Balaban J connectivity index is 2.33. The maximum Gasteiger partial charge on any atom is 0.191 e. The van der Waals surface area contributed by atoms with Crippen LogP contribution < -0.4 is 15.4 Å². The van der Waals surface area contributed by atoms with Gasteiger partial charge in [0.25, 0.3) is 0 Å². The molecule has 0 aliphatic heterocycles. The van der Waals surface area contributed by atoms with Gasteiger partial charge in [0.05, 0.1) is 6.54 Å². The maximum absolute atomic E-state index is 5.75. The van der Waals surface area contributed by atoms with Crippen LogP contribution in [0.1, 0.15) is 31.4 Å². The summed E-state index contributed by atoms with van der Waals surface area (Å²) in [5.41, 5.74) is 2.45. The quantitative estimate of drug-likeness (QED) is 0.477. The largest absolute Gasteiger partial charge is 0.492 e. The van der Waals surface area contributed by atoms with Gasteiger partial charge >= 0.3 is 0 Å². The summed E-state index contributed by atoms with van der Waals surface area (Å²) in [4.78, 5) is 4.19. The minimum absolute atomic E-state index is 0.418. The summed E-state index contributed by atoms with van der Waals surface area (Å²) in [5, 5.41) is 6.56. The van der Waals surface area contributed by atoms with E-state index in [-0.39, 0.29) is 0 Å². The molecule has 4 heteroatoms. The zero-order valence-corrected chi connectivity index (χ0v) is 13.3. The summed E-state index contributed by atoms with van der Waals surface area (Å²) in [7, 11) is 1.78. The second-order valence-electron chi connectivity index (χ2n) is 5.12. The van der Waals surface area contributed by atoms with E-state index in [4.69, 9.17) is 4.74 Å². The molecule has 4 nitrogen and oxygen atoms in total. The molecule has 112 valence electrons. The summed E-state index contributed by atoms with van der Waals surface area (Å²) in [6.07, 6.45) is 1.07. The van der Waals surface area contributed by atoms with Crippen LogP contribution in [0.4, 0.5) is 0 Å². The first-order valence-corrected chi connectivity index (χ1v) is 7.23. The number of hydrogen-bond donors (Lipinski definition) is 2. The van der Waals surface area contributed by atoms with E-state index in [0.29, 0.717) is 12.6 Å². The third kappa shape index (κ3) is 5.95. The molecule has 0 aliphatic rings. The molecule has 1 rings (SSSR count). The van der Waals surface area contributed by atoms with Crippen LogP contribution in [-0.4, -0.2) is 32.2 Å². The van der Waals surface area contributed by atoms with Crippen molar-refractivity contribution in [2.45, 2.75) is 40.2 Å². The van der Waals surface area contributed by atoms with Gasteiger partial charge in [0.15, 0.2) is 5.96 Å². The van der Waals surface area contributed by atoms with Gasteiger partial charge in [0.1, 0.15) is 12.4 Å². The molecule has 0 fully saturated rings. The maximum atomic E-state index is 5.75. The molecule has 0 heterocycles. The Morgan fingerprint density at radius 2 is 1.90 bits per heavy atom. The molecule has 0 saturated carbocycles. The molecule has 1 unspecified atom stereocenters. The Kier molecular flexibility index (Phi) is 6.91. The topological polar surface area (TPSA) is 45.7 Å². The number of benzene rings is 1. The first kappa shape index (κ1) is 16.3. The van der Waals surface area contributed by atoms with Crippen molar-refractivity contribution in [1.29, 1.82) is 0 Å². The lowest BCUT2D eigenvalue weighted by Crippen LogP contribution is -2.43. The molecule has 0 spiro atoms. The number of rotatable bonds is 6. The van der Waals surface area contributed by atoms with Crippen LogP contribution >= 0.6 is 0 Å². The lowest BCUT2D eigenvalue weighted by Gasteiger charge is -2.16. The lowest BCUT2D eigenvalue weighted by molar-refractivity contribution is 0.321. The number of aryl methyl sites for hydroxylation is 2. The fraction of sp³-hybridized carbons (Fsp3) is 0.562. The smallest absolute Gasteiger partial charge is 0.191 e. The summed E-state index contributed by atoms with van der Waals surface area (Å²) in [5.74, 6) is 1.75. The normalized spacial score (nSPS) is 12.9. The van der Waals surface area contributed by atoms with Crippen LogP contribution in [0.25, 0.3) is 0 Å². The van der Waals surface area contributed by atoms with E-state index in [1.807, 2.05) is 0 Å². The highest BCUT2D eigenvalue weighted by Crippen LogP contribution is 2.15. The number of aliphatic imine (C=N–C) groups is 1. The van der Waals surface area contributed by atoms with Crippen LogP contribution in [0.15, 0.2) is 23.2 Å². The molecule has 0 aromatic heterocycles. The van der Waals surface area contributed by atoms with Crippen LogP contribution in [0.5, 0.6) is 5.75 Å². The van der Waals surface area contributed by atoms with E-state index >= 15 is 0 Å². The lowest BCUT2D eigenvalue weighted by atomic mass is 10.1. The fourth-order valence-corrected chi connectivity index (χ4v) is 1.88. The molecule has 1 atom stereocenters. The van der Waals surface area contributed by atoms with Crippen LogP contribution in [0.3, 0.4) is 0 Å². The van der Waals surface area contributed by atoms with Gasteiger partial charge in [-0.2, -0.15) is 0 Å². The highest BCUT2D eigenvalue weighted by Gasteiger charge is 2.02. The van der Waals surface area contributed by atoms with Crippen molar-refractivity contribution in [3.05, 3.63) is 29.3 Å². The zero-order chi connectivity index (χ0) is 15.0. The Hall–Kier alpha value is -1.71. The van der Waals surface area contributed by atoms with E-state index < -0.39 is 0 Å². The predicted octanol–water partition coefficient (Wildman–Crippen LogP) is 2.65. The first-order valence-electron chi connectivity index (χ1n) is 7.23. The van der Waals surface area contributed by atoms with Gasteiger partial charge in [0.2, 0.25) is 0 Å². The molecular weight excluding hydrogens is 250 g/mol. The van der Waals surface area contributed by atoms with Gasteiger partial charge in [-0.05, 0) is 50.5 Å². The minimum atomic E-state index is 0.418. The van der Waals surface area contributed by atoms with E-state index in [9.17, 15) is 0 Å². The van der Waals surface area contributed by atoms with Crippen LogP contribution in [0, 0.1) is 13.8 Å². The Labute approximate surface area is 122 Å². The molecule has 0 radical (unpaired) electrons. The zero-order valence-electron chi connectivity index (χ0n) is 13.3. The fourth-order valence-electron chi connectivity index (χ4n) is 1.88. The third-order valence-electron chi connectivity index (χ3n) is 3.08. The predicted molar refractivity (Wildman–Crippen MR) is 85.7 cm³/mol. The Morgan fingerprint density at radius 1 is 1.25 bits per heavy atom. The molecule has 20 heavy (non-hydrogen) atoms. The second-order valence-corrected chi connectivity index (χ2v) is 5.12. The standard InChI is InChI=1S/C16H27N3O/c1-6-14(4)19-16(17-5)18-7-8-20-15-10-12(2)9-13(3)11-15/h9-11,14H,6-8H2,1-5H3,(H2,17,18,19). The first-order chi connectivity index (χ1) is 9.55. The number of hydrogen-bond acceptors (Lipinski definition) is 2. The highest BCUT2D eigenvalue weighted by atomic mass is 16.5. The summed E-state index contributed by atoms with van der Waals surface area (Å²) in [6.45, 7) is 9.78. The summed E-state index contributed by atoms with van der Waals surface area (Å²) >= 11 is 0. The molecule has 0 aliphatic carbocycles. The van der Waals surface area contributed by atoms with Gasteiger partial charge in [0, 0.05) is 13.1 Å². The van der Waals surface area contributed by atoms with E-state index in [0.717, 1.165) is 24.7 Å². The van der Waals surface area contributed by atoms with E-state index in [2.05, 4.69) is 61.5 Å². The van der Waals surface area contributed by atoms with Gasteiger partial charge in [-0.25, -0.2) is 0 Å². The minimum Gasteiger partial charge on any atom is -0.492 e. The van der Waals surface area contributed by atoms with E-state index in [1.165, 1.54) is 11.1 Å². The molecule has 2 N–H and O–H groups in total. The van der Waals surface area contributed by atoms with Gasteiger partial charge < -0.3 is 15.4 Å². The molecule has 1 aromatic carbocycles. The van der Waals surface area contributed by atoms with E-state index in [1.54, 1.807) is 7.05 Å². The third-order valence-corrected chi connectivity index (χ3v) is 3.08. The van der Waals surface area contributed by atoms with Gasteiger partial charge in [-0.1, -0.05) is 13.0 Å². The second kappa shape index (κ2) is 8.46. The SMILES string of the molecule is CCC(C)NC(=NC)NCCOc1cc(C)cc(C)c1. The monoisotopic (exact) mass is 277 g/mol. The average molecular weight is 277 g/mol. The highest BCUT2D eigenvalue weighted by molar-refractivity contribution is 5.79. The summed E-state index contributed by atoms with van der Waals surface area (Å²) in [6, 6.07) is 6.67. The van der Waals surface area contributed by atoms with Gasteiger partial charge in [-0.15, -0.1) is 0 Å². The number of nitrogens with zero attached hydrogens (tertiary/aromatic N) is 1. The number of ether oxygens (including phenoxy) is 1. The molecular formula is C16H27N3O. The average Bonchev–Trinajstić information content (AvgIpc) is 2.40. The van der Waals surface area contributed by atoms with Crippen LogP contribution in [0.2, 0.25) is 0 Å². The Morgan fingerprint density at radius 3 is 2.45 bits per heavy atom. The van der Waals surface area contributed by atoms with Crippen LogP contribution in [-0.2, 0) is 0 Å². The molecule has 0 saturated heterocycles. The summed E-state index contributed by atoms with van der Waals surface area (Å²) < 4.78 is 5.75. The molecule has 0 amide bonds. The van der Waals surface area contributed by atoms with Crippen molar-refractivity contribution in [3.8, 4) is 5.75 Å². The number of guanidine groups is 1. The van der Waals surface area contributed by atoms with Crippen molar-refractivity contribution in [1.82, 2.24) is 10.6 Å². The van der Waals surface area contributed by atoms with Gasteiger partial charge in [-0.3, -0.25) is 4.99 Å². The Bertz CT molecular complexity index is 423. The van der Waals surface area contributed by atoms with Crippen molar-refractivity contribution >= 4 is 5.96 Å². The van der Waals surface area contributed by atoms with Crippen molar-refractivity contribution in [3.63, 3.8) is 0 Å². The van der Waals surface area contributed by atoms with Crippen molar-refractivity contribution < 1.29 is 4.74 Å². The van der Waals surface area contributed by atoms with Crippen molar-refractivity contribution in [2.75, 3.05) is 20.2 Å². The van der Waals surface area contributed by atoms with Crippen molar-refractivity contribution in [2.24, 2.45) is 4.99 Å².